The highest BCUT2D eigenvalue weighted by Crippen LogP contribution is 2.54. The molecule has 8 rings (SSSR count). The number of aromatic nitrogens is 3. The van der Waals surface area contributed by atoms with Gasteiger partial charge < -0.3 is 0 Å². The van der Waals surface area contributed by atoms with Gasteiger partial charge in [0, 0.05) is 0 Å². The molecule has 0 unspecified atom stereocenters. The van der Waals surface area contributed by atoms with Crippen LogP contribution in [0, 0.1) is 0 Å². The SMILES string of the molecule is O=c1n(-c2ccccc2)c(=O)n2n1C1c3ccccc3C2(c2ccccc2)c2ccccc21. The van der Waals surface area contributed by atoms with Crippen LogP contribution in [0.15, 0.2) is 119 Å². The number of hydrogen-bond acceptors (Lipinski definition) is 2. The lowest BCUT2D eigenvalue weighted by Crippen LogP contribution is -2.56. The average molecular weight is 429 g/mol. The highest BCUT2D eigenvalue weighted by molar-refractivity contribution is 5.64. The first-order chi connectivity index (χ1) is 16.2. The molecule has 3 heterocycles. The van der Waals surface area contributed by atoms with Gasteiger partial charge in [-0.2, -0.15) is 0 Å². The van der Waals surface area contributed by atoms with Crippen molar-refractivity contribution in [3.05, 3.63) is 158 Å². The molecule has 0 saturated heterocycles. The Bertz CT molecular complexity index is 1610. The van der Waals surface area contributed by atoms with Crippen LogP contribution in [-0.4, -0.2) is 13.9 Å². The number of nitrogens with zero attached hydrogens (tertiary/aromatic N) is 3. The Labute approximate surface area is 189 Å². The van der Waals surface area contributed by atoms with Crippen molar-refractivity contribution in [3.63, 3.8) is 0 Å². The summed E-state index contributed by atoms with van der Waals surface area (Å²) in [5, 5.41) is 0. The topological polar surface area (TPSA) is 48.9 Å². The highest BCUT2D eigenvalue weighted by atomic mass is 16.2. The predicted octanol–water partition coefficient (Wildman–Crippen LogP) is 3.91. The Morgan fingerprint density at radius 3 is 1.70 bits per heavy atom. The second kappa shape index (κ2) is 6.33. The summed E-state index contributed by atoms with van der Waals surface area (Å²) in [6, 6.07) is 35.2. The third-order valence-corrected chi connectivity index (χ3v) is 7.03. The van der Waals surface area contributed by atoms with Crippen LogP contribution in [0.5, 0.6) is 0 Å². The predicted molar refractivity (Wildman–Crippen MR) is 126 cm³/mol. The van der Waals surface area contributed by atoms with Crippen LogP contribution in [0.25, 0.3) is 5.69 Å². The molecule has 0 atom stereocenters. The van der Waals surface area contributed by atoms with Gasteiger partial charge in [-0.25, -0.2) is 23.5 Å². The van der Waals surface area contributed by atoms with E-state index in [4.69, 9.17) is 0 Å². The molecule has 5 aromatic rings. The molecule has 0 spiro atoms. The average Bonchev–Trinajstić information content (AvgIpc) is 3.15. The lowest BCUT2D eigenvalue weighted by molar-refractivity contribution is 0.282. The summed E-state index contributed by atoms with van der Waals surface area (Å²) in [6.07, 6.45) is 0. The van der Waals surface area contributed by atoms with E-state index in [1.807, 2.05) is 72.8 Å². The quantitative estimate of drug-likeness (QED) is 0.419. The molecule has 0 amide bonds. The number of rotatable bonds is 2. The van der Waals surface area contributed by atoms with Crippen molar-refractivity contribution in [2.45, 2.75) is 11.6 Å². The third kappa shape index (κ3) is 2.07. The van der Waals surface area contributed by atoms with E-state index in [-0.39, 0.29) is 17.4 Å². The maximum absolute atomic E-state index is 14.1. The largest absolute Gasteiger partial charge is 0.353 e. The fraction of sp³-hybridized carbons (Fsp3) is 0.0714. The van der Waals surface area contributed by atoms with Crippen LogP contribution in [0.4, 0.5) is 0 Å². The zero-order chi connectivity index (χ0) is 22.2. The Balaban J connectivity index is 1.73. The molecule has 4 aromatic carbocycles. The summed E-state index contributed by atoms with van der Waals surface area (Å²) in [7, 11) is 0. The van der Waals surface area contributed by atoms with E-state index >= 15 is 0 Å². The molecule has 0 radical (unpaired) electrons. The zero-order valence-electron chi connectivity index (χ0n) is 17.6. The number of hydrogen-bond donors (Lipinski definition) is 0. The van der Waals surface area contributed by atoms with Crippen LogP contribution in [0.3, 0.4) is 0 Å². The molecule has 5 nitrogen and oxygen atoms in total. The molecule has 33 heavy (non-hydrogen) atoms. The molecule has 1 aliphatic carbocycles. The molecular formula is C28H19N3O2. The van der Waals surface area contributed by atoms with Gasteiger partial charge in [0.2, 0.25) is 0 Å². The second-order valence-corrected chi connectivity index (χ2v) is 8.55. The minimum absolute atomic E-state index is 0.333. The van der Waals surface area contributed by atoms with Crippen molar-refractivity contribution in [3.8, 4) is 5.69 Å². The number of benzene rings is 4. The highest BCUT2D eigenvalue weighted by Gasteiger charge is 2.55. The van der Waals surface area contributed by atoms with Gasteiger partial charge in [-0.3, -0.25) is 0 Å². The first-order valence-corrected chi connectivity index (χ1v) is 11.0. The van der Waals surface area contributed by atoms with Crippen molar-refractivity contribution < 1.29 is 0 Å². The lowest BCUT2D eigenvalue weighted by Gasteiger charge is -2.50. The molecule has 0 fully saturated rings. The summed E-state index contributed by atoms with van der Waals surface area (Å²) < 4.78 is 4.64. The van der Waals surface area contributed by atoms with Crippen LogP contribution < -0.4 is 11.4 Å². The second-order valence-electron chi connectivity index (χ2n) is 8.55. The van der Waals surface area contributed by atoms with Gasteiger partial charge >= 0.3 is 11.4 Å². The lowest BCUT2D eigenvalue weighted by atomic mass is 9.66. The van der Waals surface area contributed by atoms with Crippen molar-refractivity contribution in [1.82, 2.24) is 13.9 Å². The molecule has 0 saturated carbocycles. The van der Waals surface area contributed by atoms with E-state index in [9.17, 15) is 9.59 Å². The molecule has 2 bridgehead atoms. The van der Waals surface area contributed by atoms with Gasteiger partial charge in [0.25, 0.3) is 0 Å². The van der Waals surface area contributed by atoms with E-state index in [0.717, 1.165) is 27.8 Å². The summed E-state index contributed by atoms with van der Waals surface area (Å²) >= 11 is 0. The van der Waals surface area contributed by atoms with E-state index in [1.54, 1.807) is 21.5 Å². The van der Waals surface area contributed by atoms with Crippen molar-refractivity contribution in [1.29, 1.82) is 0 Å². The van der Waals surface area contributed by atoms with E-state index < -0.39 is 5.54 Å². The normalized spacial score (nSPS) is 19.6. The molecule has 5 heteroatoms. The van der Waals surface area contributed by atoms with Gasteiger partial charge in [0.05, 0.1) is 5.69 Å². The zero-order valence-corrected chi connectivity index (χ0v) is 17.6. The van der Waals surface area contributed by atoms with Crippen molar-refractivity contribution in [2.75, 3.05) is 0 Å². The third-order valence-electron chi connectivity index (χ3n) is 7.03. The summed E-state index contributed by atoms with van der Waals surface area (Å²) in [5.41, 5.74) is 4.06. The van der Waals surface area contributed by atoms with Gasteiger partial charge in [0.15, 0.2) is 0 Å². The maximum Gasteiger partial charge on any atom is 0.353 e. The molecule has 0 N–H and O–H groups in total. The Hall–Kier alpha value is -4.38. The summed E-state index contributed by atoms with van der Waals surface area (Å²) in [4.78, 5) is 28.1. The van der Waals surface area contributed by atoms with Crippen LogP contribution in [0.2, 0.25) is 0 Å². The minimum atomic E-state index is -0.945. The Morgan fingerprint density at radius 2 is 1.09 bits per heavy atom. The van der Waals surface area contributed by atoms with E-state index in [0.29, 0.717) is 5.69 Å². The summed E-state index contributed by atoms with van der Waals surface area (Å²) in [6.45, 7) is 0. The van der Waals surface area contributed by atoms with Crippen LogP contribution >= 0.6 is 0 Å². The fourth-order valence-electron chi connectivity index (χ4n) is 5.83. The molecule has 1 aromatic heterocycles. The number of para-hydroxylation sites is 1. The van der Waals surface area contributed by atoms with Gasteiger partial charge in [-0.15, -0.1) is 0 Å². The smallest absolute Gasteiger partial charge is 0.245 e. The Kier molecular flexibility index (Phi) is 3.49. The minimum Gasteiger partial charge on any atom is -0.245 e. The van der Waals surface area contributed by atoms with Gasteiger partial charge in [-0.1, -0.05) is 97.1 Å². The monoisotopic (exact) mass is 429 g/mol. The van der Waals surface area contributed by atoms with E-state index in [2.05, 4.69) is 24.3 Å². The van der Waals surface area contributed by atoms with Crippen LogP contribution in [-0.2, 0) is 5.54 Å². The van der Waals surface area contributed by atoms with Crippen LogP contribution in [0.1, 0.15) is 33.9 Å². The summed E-state index contributed by atoms with van der Waals surface area (Å²) in [5.74, 6) is 0. The molecule has 158 valence electrons. The van der Waals surface area contributed by atoms with Gasteiger partial charge in [0.1, 0.15) is 11.6 Å². The van der Waals surface area contributed by atoms with Gasteiger partial charge in [-0.05, 0) is 39.9 Å². The molecule has 3 aliphatic rings. The van der Waals surface area contributed by atoms with Crippen molar-refractivity contribution in [2.24, 2.45) is 0 Å². The first-order valence-electron chi connectivity index (χ1n) is 11.0. The molecular weight excluding hydrogens is 410 g/mol. The standard InChI is InChI=1S/C28H19N3O2/c32-26-29(20-13-5-2-6-14-20)27(33)31-28(19-11-3-1-4-12-19)23-17-9-7-15-21(23)25(30(26)31)22-16-8-10-18-24(22)28/h1-18,25H. The fourth-order valence-corrected chi connectivity index (χ4v) is 5.83. The molecule has 2 aliphatic heterocycles. The maximum atomic E-state index is 14.1. The Morgan fingerprint density at radius 1 is 0.576 bits per heavy atom. The van der Waals surface area contributed by atoms with E-state index in [1.165, 1.54) is 4.57 Å². The van der Waals surface area contributed by atoms with Crippen molar-refractivity contribution >= 4 is 0 Å². The first kappa shape index (κ1) is 18.2.